The van der Waals surface area contributed by atoms with Crippen LogP contribution in [0.15, 0.2) is 24.3 Å². The predicted octanol–water partition coefficient (Wildman–Crippen LogP) is 1.76. The summed E-state index contributed by atoms with van der Waals surface area (Å²) in [6.07, 6.45) is -0.434. The molecule has 0 radical (unpaired) electrons. The smallest absolute Gasteiger partial charge is 0.119 e. The number of aliphatic hydroxyl groups excluding tert-OH is 1. The molecule has 1 aromatic rings. The van der Waals surface area contributed by atoms with Crippen LogP contribution in [-0.4, -0.2) is 66.4 Å². The van der Waals surface area contributed by atoms with Crippen LogP contribution in [0.1, 0.15) is 19.4 Å². The minimum absolute atomic E-state index is 0.355. The first-order chi connectivity index (χ1) is 10.0. The third-order valence-electron chi connectivity index (χ3n) is 4.04. The Morgan fingerprint density at radius 2 is 1.90 bits per heavy atom. The second kappa shape index (κ2) is 7.78. The van der Waals surface area contributed by atoms with Crippen molar-refractivity contribution in [1.82, 2.24) is 9.80 Å². The first kappa shape index (κ1) is 16.3. The fourth-order valence-electron chi connectivity index (χ4n) is 2.71. The monoisotopic (exact) mass is 292 g/mol. The zero-order valence-electron chi connectivity index (χ0n) is 13.5. The third-order valence-corrected chi connectivity index (χ3v) is 4.04. The normalized spacial score (nSPS) is 18.9. The molecule has 1 aromatic carbocycles. The molecule has 1 heterocycles. The number of hydrogen-bond acceptors (Lipinski definition) is 4. The van der Waals surface area contributed by atoms with Gasteiger partial charge in [0.1, 0.15) is 18.5 Å². The minimum Gasteiger partial charge on any atom is -0.491 e. The molecule has 1 N–H and O–H groups in total. The number of piperazine rings is 1. The number of benzene rings is 1. The minimum atomic E-state index is -0.434. The summed E-state index contributed by atoms with van der Waals surface area (Å²) in [4.78, 5) is 4.80. The molecule has 1 fully saturated rings. The van der Waals surface area contributed by atoms with Gasteiger partial charge in [-0.15, -0.1) is 0 Å². The summed E-state index contributed by atoms with van der Waals surface area (Å²) in [6, 6.07) is 8.55. The van der Waals surface area contributed by atoms with Crippen molar-refractivity contribution in [1.29, 1.82) is 0 Å². The van der Waals surface area contributed by atoms with Crippen LogP contribution in [0.25, 0.3) is 0 Å². The molecular weight excluding hydrogens is 264 g/mol. The highest BCUT2D eigenvalue weighted by molar-refractivity contribution is 5.27. The van der Waals surface area contributed by atoms with Crippen molar-refractivity contribution in [2.45, 2.75) is 32.9 Å². The molecule has 1 unspecified atom stereocenters. The average molecular weight is 292 g/mol. The van der Waals surface area contributed by atoms with Crippen molar-refractivity contribution in [2.75, 3.05) is 39.3 Å². The second-order valence-electron chi connectivity index (χ2n) is 6.21. The fourth-order valence-corrected chi connectivity index (χ4v) is 2.71. The number of β-amino-alcohol motifs (C(OH)–C–C–N with tert-alkyl or cyclic N) is 1. The van der Waals surface area contributed by atoms with Crippen molar-refractivity contribution < 1.29 is 9.84 Å². The van der Waals surface area contributed by atoms with Crippen molar-refractivity contribution in [2.24, 2.45) is 0 Å². The average Bonchev–Trinajstić information content (AvgIpc) is 2.46. The molecule has 1 saturated heterocycles. The van der Waals surface area contributed by atoms with Crippen molar-refractivity contribution >= 4 is 0 Å². The van der Waals surface area contributed by atoms with Gasteiger partial charge in [0.2, 0.25) is 0 Å². The summed E-state index contributed by atoms with van der Waals surface area (Å²) in [7, 11) is 0. The fraction of sp³-hybridized carbons (Fsp3) is 0.647. The molecule has 0 aliphatic carbocycles. The number of aryl methyl sites for hydroxylation is 1. The number of hydrogen-bond donors (Lipinski definition) is 1. The van der Waals surface area contributed by atoms with E-state index in [4.69, 9.17) is 4.74 Å². The van der Waals surface area contributed by atoms with E-state index in [2.05, 4.69) is 23.6 Å². The van der Waals surface area contributed by atoms with Gasteiger partial charge in [-0.05, 0) is 38.5 Å². The highest BCUT2D eigenvalue weighted by atomic mass is 16.5. The molecule has 0 saturated carbocycles. The largest absolute Gasteiger partial charge is 0.491 e. The van der Waals surface area contributed by atoms with Gasteiger partial charge in [-0.25, -0.2) is 0 Å². The Labute approximate surface area is 128 Å². The SMILES string of the molecule is Cc1cccc(OCC(O)CN2CCN(C(C)C)CC2)c1. The summed E-state index contributed by atoms with van der Waals surface area (Å²) < 4.78 is 5.66. The van der Waals surface area contributed by atoms with Gasteiger partial charge in [-0.3, -0.25) is 9.80 Å². The maximum Gasteiger partial charge on any atom is 0.119 e. The van der Waals surface area contributed by atoms with E-state index in [0.29, 0.717) is 19.2 Å². The zero-order chi connectivity index (χ0) is 15.2. The first-order valence-corrected chi connectivity index (χ1v) is 7.88. The van der Waals surface area contributed by atoms with Crippen LogP contribution in [-0.2, 0) is 0 Å². The lowest BCUT2D eigenvalue weighted by Gasteiger charge is -2.37. The highest BCUT2D eigenvalue weighted by Crippen LogP contribution is 2.13. The first-order valence-electron chi connectivity index (χ1n) is 7.88. The van der Waals surface area contributed by atoms with Gasteiger partial charge in [0.05, 0.1) is 0 Å². The van der Waals surface area contributed by atoms with Crippen LogP contribution < -0.4 is 4.74 Å². The van der Waals surface area contributed by atoms with E-state index in [1.807, 2.05) is 31.2 Å². The van der Waals surface area contributed by atoms with Crippen LogP contribution in [0.3, 0.4) is 0 Å². The van der Waals surface area contributed by atoms with Gasteiger partial charge in [0, 0.05) is 38.8 Å². The second-order valence-corrected chi connectivity index (χ2v) is 6.21. The quantitative estimate of drug-likeness (QED) is 0.867. The van der Waals surface area contributed by atoms with E-state index < -0.39 is 6.10 Å². The van der Waals surface area contributed by atoms with Gasteiger partial charge in [0.15, 0.2) is 0 Å². The lowest BCUT2D eigenvalue weighted by atomic mass is 10.2. The molecular formula is C17H28N2O2. The lowest BCUT2D eigenvalue weighted by Crippen LogP contribution is -2.51. The van der Waals surface area contributed by atoms with E-state index >= 15 is 0 Å². The van der Waals surface area contributed by atoms with Crippen LogP contribution >= 0.6 is 0 Å². The van der Waals surface area contributed by atoms with Gasteiger partial charge in [0.25, 0.3) is 0 Å². The molecule has 2 rings (SSSR count). The summed E-state index contributed by atoms with van der Waals surface area (Å²) in [5, 5.41) is 10.1. The Kier molecular flexibility index (Phi) is 6.03. The summed E-state index contributed by atoms with van der Waals surface area (Å²) in [5.41, 5.74) is 1.17. The van der Waals surface area contributed by atoms with Crippen LogP contribution in [0.5, 0.6) is 5.75 Å². The van der Waals surface area contributed by atoms with Crippen LogP contribution in [0, 0.1) is 6.92 Å². The maximum absolute atomic E-state index is 10.1. The lowest BCUT2D eigenvalue weighted by molar-refractivity contribution is 0.0400. The number of nitrogens with zero attached hydrogens (tertiary/aromatic N) is 2. The Morgan fingerprint density at radius 1 is 1.19 bits per heavy atom. The molecule has 0 spiro atoms. The van der Waals surface area contributed by atoms with E-state index in [1.165, 1.54) is 5.56 Å². The molecule has 4 heteroatoms. The summed E-state index contributed by atoms with van der Waals surface area (Å²) >= 11 is 0. The van der Waals surface area contributed by atoms with Crippen LogP contribution in [0.2, 0.25) is 0 Å². The molecule has 1 aliphatic rings. The molecule has 4 nitrogen and oxygen atoms in total. The Bertz CT molecular complexity index is 429. The molecule has 0 bridgehead atoms. The van der Waals surface area contributed by atoms with E-state index in [1.54, 1.807) is 0 Å². The molecule has 1 aliphatic heterocycles. The van der Waals surface area contributed by atoms with Crippen molar-refractivity contribution in [3.05, 3.63) is 29.8 Å². The van der Waals surface area contributed by atoms with E-state index in [9.17, 15) is 5.11 Å². The maximum atomic E-state index is 10.1. The van der Waals surface area contributed by atoms with Gasteiger partial charge < -0.3 is 9.84 Å². The zero-order valence-corrected chi connectivity index (χ0v) is 13.5. The van der Waals surface area contributed by atoms with Gasteiger partial charge in [-0.1, -0.05) is 12.1 Å². The predicted molar refractivity (Wildman–Crippen MR) is 85.8 cm³/mol. The number of aliphatic hydroxyl groups is 1. The van der Waals surface area contributed by atoms with E-state index in [0.717, 1.165) is 31.9 Å². The van der Waals surface area contributed by atoms with Gasteiger partial charge in [-0.2, -0.15) is 0 Å². The molecule has 0 aromatic heterocycles. The standard InChI is InChI=1S/C17H28N2O2/c1-14(2)19-9-7-18(8-10-19)12-16(20)13-21-17-6-4-5-15(3)11-17/h4-6,11,14,16,20H,7-10,12-13H2,1-3H3. The molecule has 21 heavy (non-hydrogen) atoms. The topological polar surface area (TPSA) is 35.9 Å². The van der Waals surface area contributed by atoms with E-state index in [-0.39, 0.29) is 0 Å². The summed E-state index contributed by atoms with van der Waals surface area (Å²) in [6.45, 7) is 11.8. The summed E-state index contributed by atoms with van der Waals surface area (Å²) in [5.74, 6) is 0.832. The molecule has 0 amide bonds. The Morgan fingerprint density at radius 3 is 2.52 bits per heavy atom. The highest BCUT2D eigenvalue weighted by Gasteiger charge is 2.20. The molecule has 118 valence electrons. The third kappa shape index (κ3) is 5.30. The Balaban J connectivity index is 1.69. The van der Waals surface area contributed by atoms with Crippen molar-refractivity contribution in [3.63, 3.8) is 0 Å². The van der Waals surface area contributed by atoms with Crippen LogP contribution in [0.4, 0.5) is 0 Å². The number of rotatable bonds is 6. The van der Waals surface area contributed by atoms with Gasteiger partial charge >= 0.3 is 0 Å². The Hall–Kier alpha value is -1.10. The molecule has 1 atom stereocenters. The number of ether oxygens (including phenoxy) is 1. The van der Waals surface area contributed by atoms with Crippen molar-refractivity contribution in [3.8, 4) is 5.75 Å².